The summed E-state index contributed by atoms with van der Waals surface area (Å²) in [5.41, 5.74) is 5.23. The number of aromatic amines is 2. The van der Waals surface area contributed by atoms with E-state index in [1.165, 1.54) is 5.56 Å². The third-order valence-corrected chi connectivity index (χ3v) is 3.33. The molecule has 0 atom stereocenters. The van der Waals surface area contributed by atoms with Crippen molar-refractivity contribution in [2.24, 2.45) is 0 Å². The molecule has 0 spiro atoms. The predicted octanol–water partition coefficient (Wildman–Crippen LogP) is 3.05. The smallest absolute Gasteiger partial charge is 0.201 e. The molecule has 0 aliphatic heterocycles. The standard InChI is InChI=1S/C15H13N5/c1-2-4-13-12(3-1)19-15(20-13)16-8-10-5-6-11-14(7-10)18-9-17-11/h1-7,9H,8H2,(H,17,18)(H2,16,19,20). The predicted molar refractivity (Wildman–Crippen MR) is 79.5 cm³/mol. The summed E-state index contributed by atoms with van der Waals surface area (Å²) in [5, 5.41) is 3.31. The van der Waals surface area contributed by atoms with E-state index in [0.717, 1.165) is 34.6 Å². The molecule has 0 aliphatic carbocycles. The number of hydrogen-bond donors (Lipinski definition) is 3. The molecular formula is C15H13N5. The Hall–Kier alpha value is -2.82. The molecule has 0 amide bonds. The first-order valence-corrected chi connectivity index (χ1v) is 6.49. The number of imidazole rings is 2. The van der Waals surface area contributed by atoms with E-state index in [4.69, 9.17) is 0 Å². The zero-order chi connectivity index (χ0) is 13.4. The first-order valence-electron chi connectivity index (χ1n) is 6.49. The van der Waals surface area contributed by atoms with Crippen LogP contribution in [0.4, 0.5) is 5.95 Å². The zero-order valence-corrected chi connectivity index (χ0v) is 10.7. The fourth-order valence-corrected chi connectivity index (χ4v) is 2.32. The molecule has 5 heteroatoms. The summed E-state index contributed by atoms with van der Waals surface area (Å²) in [5.74, 6) is 0.788. The first kappa shape index (κ1) is 11.0. The highest BCUT2D eigenvalue weighted by Gasteiger charge is 2.02. The van der Waals surface area contributed by atoms with Gasteiger partial charge in [-0.05, 0) is 29.8 Å². The van der Waals surface area contributed by atoms with Crippen molar-refractivity contribution in [1.82, 2.24) is 19.9 Å². The number of H-pyrrole nitrogens is 2. The Morgan fingerprint density at radius 2 is 1.95 bits per heavy atom. The highest BCUT2D eigenvalue weighted by molar-refractivity contribution is 5.77. The fraction of sp³-hybridized carbons (Fsp3) is 0.0667. The summed E-state index contributed by atoms with van der Waals surface area (Å²) in [6, 6.07) is 14.2. The molecule has 4 aromatic rings. The van der Waals surface area contributed by atoms with Crippen molar-refractivity contribution in [3.8, 4) is 0 Å². The van der Waals surface area contributed by atoms with Gasteiger partial charge in [-0.25, -0.2) is 9.97 Å². The highest BCUT2D eigenvalue weighted by atomic mass is 15.1. The van der Waals surface area contributed by atoms with E-state index in [2.05, 4.69) is 37.4 Å². The van der Waals surface area contributed by atoms with Crippen LogP contribution in [0.5, 0.6) is 0 Å². The van der Waals surface area contributed by atoms with Gasteiger partial charge in [0.05, 0.1) is 28.4 Å². The number of aromatic nitrogens is 4. The third-order valence-electron chi connectivity index (χ3n) is 3.33. The van der Waals surface area contributed by atoms with Crippen LogP contribution in [0.2, 0.25) is 0 Å². The quantitative estimate of drug-likeness (QED) is 0.532. The van der Waals surface area contributed by atoms with Crippen molar-refractivity contribution in [3.63, 3.8) is 0 Å². The van der Waals surface area contributed by atoms with Crippen LogP contribution in [0.1, 0.15) is 5.56 Å². The molecule has 2 aromatic heterocycles. The van der Waals surface area contributed by atoms with E-state index in [0.29, 0.717) is 0 Å². The van der Waals surface area contributed by atoms with Crippen LogP contribution in [0, 0.1) is 0 Å². The van der Waals surface area contributed by atoms with Crippen molar-refractivity contribution in [1.29, 1.82) is 0 Å². The first-order chi connectivity index (χ1) is 9.88. The number of fused-ring (bicyclic) bond motifs is 2. The molecule has 0 fully saturated rings. The van der Waals surface area contributed by atoms with Crippen LogP contribution in [0.3, 0.4) is 0 Å². The minimum atomic E-state index is 0.717. The van der Waals surface area contributed by atoms with Crippen LogP contribution >= 0.6 is 0 Å². The van der Waals surface area contributed by atoms with Gasteiger partial charge in [0.1, 0.15) is 0 Å². The molecule has 4 rings (SSSR count). The number of hydrogen-bond acceptors (Lipinski definition) is 3. The highest BCUT2D eigenvalue weighted by Crippen LogP contribution is 2.15. The largest absolute Gasteiger partial charge is 0.352 e. The van der Waals surface area contributed by atoms with Crippen LogP contribution < -0.4 is 5.32 Å². The van der Waals surface area contributed by atoms with E-state index in [1.807, 2.05) is 30.3 Å². The van der Waals surface area contributed by atoms with Gasteiger partial charge in [-0.2, -0.15) is 0 Å². The molecule has 20 heavy (non-hydrogen) atoms. The lowest BCUT2D eigenvalue weighted by Crippen LogP contribution is -2.00. The number of nitrogens with zero attached hydrogens (tertiary/aromatic N) is 2. The SMILES string of the molecule is c1ccc2[nH]c(NCc3ccc4nc[nH]c4c3)nc2c1. The van der Waals surface area contributed by atoms with Crippen LogP contribution in [0.15, 0.2) is 48.8 Å². The van der Waals surface area contributed by atoms with Crippen molar-refractivity contribution >= 4 is 28.0 Å². The maximum absolute atomic E-state index is 4.49. The van der Waals surface area contributed by atoms with Crippen molar-refractivity contribution in [2.75, 3.05) is 5.32 Å². The van der Waals surface area contributed by atoms with E-state index in [9.17, 15) is 0 Å². The summed E-state index contributed by atoms with van der Waals surface area (Å²) in [4.78, 5) is 15.1. The van der Waals surface area contributed by atoms with Gasteiger partial charge in [-0.1, -0.05) is 18.2 Å². The van der Waals surface area contributed by atoms with Crippen LogP contribution in [-0.2, 0) is 6.54 Å². The Labute approximate surface area is 115 Å². The number of nitrogens with one attached hydrogen (secondary N) is 3. The van der Waals surface area contributed by atoms with Gasteiger partial charge in [0.2, 0.25) is 5.95 Å². The van der Waals surface area contributed by atoms with Crippen LogP contribution in [-0.4, -0.2) is 19.9 Å². The van der Waals surface area contributed by atoms with Gasteiger partial charge in [0.25, 0.3) is 0 Å². The molecule has 0 unspecified atom stereocenters. The molecule has 0 radical (unpaired) electrons. The molecule has 3 N–H and O–H groups in total. The average molecular weight is 263 g/mol. The molecule has 98 valence electrons. The summed E-state index contributed by atoms with van der Waals surface area (Å²) < 4.78 is 0. The molecule has 0 bridgehead atoms. The van der Waals surface area contributed by atoms with E-state index in [-0.39, 0.29) is 0 Å². The van der Waals surface area contributed by atoms with E-state index < -0.39 is 0 Å². The lowest BCUT2D eigenvalue weighted by Gasteiger charge is -2.02. The summed E-state index contributed by atoms with van der Waals surface area (Å²) in [7, 11) is 0. The third kappa shape index (κ3) is 1.89. The van der Waals surface area contributed by atoms with Crippen molar-refractivity contribution in [3.05, 3.63) is 54.4 Å². The van der Waals surface area contributed by atoms with E-state index in [1.54, 1.807) is 6.33 Å². The Morgan fingerprint density at radius 3 is 2.90 bits per heavy atom. The van der Waals surface area contributed by atoms with Crippen LogP contribution in [0.25, 0.3) is 22.1 Å². The van der Waals surface area contributed by atoms with Gasteiger partial charge < -0.3 is 15.3 Å². The van der Waals surface area contributed by atoms with Crippen molar-refractivity contribution in [2.45, 2.75) is 6.54 Å². The molecule has 0 saturated heterocycles. The topological polar surface area (TPSA) is 69.4 Å². The summed E-state index contributed by atoms with van der Waals surface area (Å²) in [6.07, 6.45) is 1.71. The van der Waals surface area contributed by atoms with Gasteiger partial charge in [0.15, 0.2) is 0 Å². The number of benzene rings is 2. The average Bonchev–Trinajstić information content (AvgIpc) is 3.10. The summed E-state index contributed by atoms with van der Waals surface area (Å²) in [6.45, 7) is 0.717. The van der Waals surface area contributed by atoms with Gasteiger partial charge >= 0.3 is 0 Å². The second kappa shape index (κ2) is 4.38. The lowest BCUT2D eigenvalue weighted by molar-refractivity contribution is 1.10. The Bertz CT molecular complexity index is 839. The Morgan fingerprint density at radius 1 is 1.00 bits per heavy atom. The molecule has 2 aromatic carbocycles. The Kier molecular flexibility index (Phi) is 2.42. The molecular weight excluding hydrogens is 250 g/mol. The summed E-state index contributed by atoms with van der Waals surface area (Å²) >= 11 is 0. The monoisotopic (exact) mass is 263 g/mol. The molecule has 0 saturated carbocycles. The number of anilines is 1. The minimum absolute atomic E-state index is 0.717. The second-order valence-corrected chi connectivity index (χ2v) is 4.71. The molecule has 2 heterocycles. The zero-order valence-electron chi connectivity index (χ0n) is 10.7. The fourth-order valence-electron chi connectivity index (χ4n) is 2.32. The van der Waals surface area contributed by atoms with Gasteiger partial charge in [-0.15, -0.1) is 0 Å². The normalized spacial score (nSPS) is 11.2. The van der Waals surface area contributed by atoms with Crippen molar-refractivity contribution < 1.29 is 0 Å². The molecule has 5 nitrogen and oxygen atoms in total. The minimum Gasteiger partial charge on any atom is -0.352 e. The molecule has 0 aliphatic rings. The second-order valence-electron chi connectivity index (χ2n) is 4.71. The number of rotatable bonds is 3. The van der Waals surface area contributed by atoms with Gasteiger partial charge in [-0.3, -0.25) is 0 Å². The maximum atomic E-state index is 4.49. The lowest BCUT2D eigenvalue weighted by atomic mass is 10.2. The van der Waals surface area contributed by atoms with E-state index >= 15 is 0 Å². The number of para-hydroxylation sites is 2. The maximum Gasteiger partial charge on any atom is 0.201 e. The van der Waals surface area contributed by atoms with Gasteiger partial charge in [0, 0.05) is 6.54 Å². The Balaban J connectivity index is 1.56.